The fourth-order valence-electron chi connectivity index (χ4n) is 4.32. The number of hydrogen-bond acceptors (Lipinski definition) is 3. The molecule has 156 valence electrons. The number of nitrogens with zero attached hydrogens (tertiary/aromatic N) is 2. The molecule has 1 saturated carbocycles. The van der Waals surface area contributed by atoms with Crippen molar-refractivity contribution in [1.29, 1.82) is 0 Å². The molecule has 6 nitrogen and oxygen atoms in total. The summed E-state index contributed by atoms with van der Waals surface area (Å²) in [5, 5.41) is 3.33. The van der Waals surface area contributed by atoms with E-state index in [1.165, 1.54) is 4.90 Å². The predicted molar refractivity (Wildman–Crippen MR) is 116 cm³/mol. The van der Waals surface area contributed by atoms with Gasteiger partial charge in [0.05, 0.1) is 0 Å². The van der Waals surface area contributed by atoms with E-state index < -0.39 is 17.8 Å². The highest BCUT2D eigenvalue weighted by Gasteiger charge is 2.40. The van der Waals surface area contributed by atoms with Crippen molar-refractivity contribution in [3.05, 3.63) is 56.8 Å². The highest BCUT2D eigenvalue weighted by molar-refractivity contribution is 6.35. The van der Waals surface area contributed by atoms with Gasteiger partial charge in [0.1, 0.15) is 5.57 Å². The van der Waals surface area contributed by atoms with Gasteiger partial charge in [-0.3, -0.25) is 19.8 Å². The first-order chi connectivity index (χ1) is 14.3. The molecule has 30 heavy (non-hydrogen) atoms. The van der Waals surface area contributed by atoms with E-state index >= 15 is 0 Å². The van der Waals surface area contributed by atoms with Crippen LogP contribution >= 0.6 is 23.2 Å². The molecule has 1 saturated heterocycles. The third-order valence-electron chi connectivity index (χ3n) is 5.70. The zero-order valence-corrected chi connectivity index (χ0v) is 18.2. The summed E-state index contributed by atoms with van der Waals surface area (Å²) in [7, 11) is 0. The van der Waals surface area contributed by atoms with Crippen LogP contribution in [0.4, 0.5) is 4.79 Å². The lowest BCUT2D eigenvalue weighted by atomic mass is 10.1. The van der Waals surface area contributed by atoms with E-state index in [0.717, 1.165) is 42.8 Å². The van der Waals surface area contributed by atoms with Crippen LogP contribution in [0.5, 0.6) is 0 Å². The molecule has 1 aliphatic carbocycles. The van der Waals surface area contributed by atoms with Crippen molar-refractivity contribution in [2.24, 2.45) is 0 Å². The third-order valence-corrected chi connectivity index (χ3v) is 6.14. The molecule has 4 amide bonds. The van der Waals surface area contributed by atoms with E-state index in [0.29, 0.717) is 15.6 Å². The number of nitrogens with one attached hydrogen (secondary N) is 1. The number of hydrogen-bond donors (Lipinski definition) is 1. The second-order valence-electron chi connectivity index (χ2n) is 7.72. The molecule has 2 fully saturated rings. The maximum atomic E-state index is 13.0. The normalized spacial score (nSPS) is 19.1. The van der Waals surface area contributed by atoms with Gasteiger partial charge in [0.2, 0.25) is 0 Å². The molecule has 0 bridgehead atoms. The van der Waals surface area contributed by atoms with Crippen LogP contribution in [0.3, 0.4) is 0 Å². The minimum absolute atomic E-state index is 0.0362. The van der Waals surface area contributed by atoms with E-state index in [2.05, 4.69) is 5.32 Å². The van der Waals surface area contributed by atoms with Gasteiger partial charge in [-0.15, -0.1) is 0 Å². The van der Waals surface area contributed by atoms with Crippen molar-refractivity contribution in [3.8, 4) is 5.69 Å². The molecule has 8 heteroatoms. The highest BCUT2D eigenvalue weighted by Crippen LogP contribution is 2.30. The molecular weight excluding hydrogens is 425 g/mol. The number of imide groups is 2. The summed E-state index contributed by atoms with van der Waals surface area (Å²) in [6.45, 7) is 3.81. The van der Waals surface area contributed by atoms with Gasteiger partial charge in [0, 0.05) is 33.2 Å². The Morgan fingerprint density at radius 1 is 1.00 bits per heavy atom. The van der Waals surface area contributed by atoms with E-state index in [1.807, 2.05) is 24.5 Å². The summed E-state index contributed by atoms with van der Waals surface area (Å²) in [6, 6.07) is 6.34. The molecular formula is C22H21Cl2N3O3. The predicted octanol–water partition coefficient (Wildman–Crippen LogP) is 4.81. The van der Waals surface area contributed by atoms with Crippen LogP contribution in [0, 0.1) is 13.8 Å². The number of rotatable bonds is 3. The molecule has 2 heterocycles. The zero-order chi connectivity index (χ0) is 21.6. The molecule has 1 N–H and O–H groups in total. The molecule has 2 aromatic rings. The Labute approximate surface area is 184 Å². The number of barbiturate groups is 1. The first-order valence-corrected chi connectivity index (χ1v) is 10.6. The fraction of sp³-hybridized carbons (Fsp3) is 0.318. The van der Waals surface area contributed by atoms with Gasteiger partial charge in [-0.2, -0.15) is 0 Å². The number of amides is 4. The number of halogens is 2. The van der Waals surface area contributed by atoms with E-state index in [4.69, 9.17) is 23.2 Å². The number of benzene rings is 1. The third kappa shape index (κ3) is 3.66. The lowest BCUT2D eigenvalue weighted by Crippen LogP contribution is -2.57. The van der Waals surface area contributed by atoms with Crippen LogP contribution in [0.2, 0.25) is 10.0 Å². The first kappa shape index (κ1) is 20.7. The van der Waals surface area contributed by atoms with E-state index in [9.17, 15) is 14.4 Å². The van der Waals surface area contributed by atoms with Gasteiger partial charge in [-0.1, -0.05) is 36.0 Å². The summed E-state index contributed by atoms with van der Waals surface area (Å²) in [4.78, 5) is 39.0. The Hall–Kier alpha value is -2.57. The lowest BCUT2D eigenvalue weighted by molar-refractivity contribution is -0.131. The maximum Gasteiger partial charge on any atom is 0.331 e. The number of aromatic nitrogens is 1. The number of aryl methyl sites for hydroxylation is 1. The van der Waals surface area contributed by atoms with Gasteiger partial charge in [-0.25, -0.2) is 4.79 Å². The van der Waals surface area contributed by atoms with Crippen molar-refractivity contribution in [3.63, 3.8) is 0 Å². The molecule has 4 rings (SSSR count). The largest absolute Gasteiger partial charge is 0.331 e. The van der Waals surface area contributed by atoms with Crippen molar-refractivity contribution in [2.75, 3.05) is 0 Å². The molecule has 0 spiro atoms. The number of carbonyl (C=O) groups is 3. The molecule has 0 unspecified atom stereocenters. The summed E-state index contributed by atoms with van der Waals surface area (Å²) >= 11 is 12.3. The summed E-state index contributed by atoms with van der Waals surface area (Å²) in [5.41, 5.74) is 3.18. The molecule has 0 radical (unpaired) electrons. The second kappa shape index (κ2) is 7.93. The standard InChI is InChI=1S/C22H21Cl2N3O3/c1-12-7-14(13(2)26(12)18-10-15(23)9-16(24)11-18)8-19-20(28)25-22(30)27(21(19)29)17-5-3-4-6-17/h7-11,17H,3-6H2,1-2H3,(H,25,28,30)/b19-8+. The first-order valence-electron chi connectivity index (χ1n) is 9.82. The average Bonchev–Trinajstić information content (AvgIpc) is 3.26. The minimum atomic E-state index is -0.671. The van der Waals surface area contributed by atoms with Crippen LogP contribution in [0.15, 0.2) is 29.8 Å². The van der Waals surface area contributed by atoms with Crippen molar-refractivity contribution < 1.29 is 14.4 Å². The second-order valence-corrected chi connectivity index (χ2v) is 8.59. The average molecular weight is 446 g/mol. The van der Waals surface area contributed by atoms with Crippen molar-refractivity contribution in [1.82, 2.24) is 14.8 Å². The van der Waals surface area contributed by atoms with Crippen LogP contribution in [0.1, 0.15) is 42.6 Å². The van der Waals surface area contributed by atoms with Gasteiger partial charge in [-0.05, 0) is 62.6 Å². The number of urea groups is 1. The van der Waals surface area contributed by atoms with Gasteiger partial charge in [0.25, 0.3) is 11.8 Å². The Balaban J connectivity index is 1.74. The quantitative estimate of drug-likeness (QED) is 0.544. The SMILES string of the molecule is Cc1cc(/C=C2\C(=O)NC(=O)N(C3CCCC3)C2=O)c(C)n1-c1cc(Cl)cc(Cl)c1. The molecule has 1 aliphatic heterocycles. The smallest absolute Gasteiger partial charge is 0.318 e. The molecule has 1 aromatic heterocycles. The highest BCUT2D eigenvalue weighted by atomic mass is 35.5. The molecule has 1 aromatic carbocycles. The Bertz CT molecular complexity index is 1080. The maximum absolute atomic E-state index is 13.0. The van der Waals surface area contributed by atoms with Gasteiger partial charge >= 0.3 is 6.03 Å². The van der Waals surface area contributed by atoms with Crippen LogP contribution in [-0.2, 0) is 9.59 Å². The van der Waals surface area contributed by atoms with Crippen LogP contribution in [-0.4, -0.2) is 33.4 Å². The monoisotopic (exact) mass is 445 g/mol. The summed E-state index contributed by atoms with van der Waals surface area (Å²) in [5.74, 6) is -1.21. The van der Waals surface area contributed by atoms with Gasteiger partial charge in [0.15, 0.2) is 0 Å². The fourth-order valence-corrected chi connectivity index (χ4v) is 4.83. The topological polar surface area (TPSA) is 71.4 Å². The van der Waals surface area contributed by atoms with Crippen molar-refractivity contribution >= 4 is 47.1 Å². The summed E-state index contributed by atoms with van der Waals surface area (Å²) < 4.78 is 1.95. The van der Waals surface area contributed by atoms with Gasteiger partial charge < -0.3 is 4.57 Å². The zero-order valence-electron chi connectivity index (χ0n) is 16.7. The minimum Gasteiger partial charge on any atom is -0.318 e. The van der Waals surface area contributed by atoms with Crippen LogP contribution in [0.25, 0.3) is 11.8 Å². The number of carbonyl (C=O) groups excluding carboxylic acids is 3. The molecule has 0 atom stereocenters. The van der Waals surface area contributed by atoms with Crippen molar-refractivity contribution in [2.45, 2.75) is 45.6 Å². The Morgan fingerprint density at radius 2 is 1.63 bits per heavy atom. The molecule has 2 aliphatic rings. The van der Waals surface area contributed by atoms with Crippen LogP contribution < -0.4 is 5.32 Å². The van der Waals surface area contributed by atoms with E-state index in [1.54, 1.807) is 24.3 Å². The van der Waals surface area contributed by atoms with E-state index in [-0.39, 0.29) is 11.6 Å². The lowest BCUT2D eigenvalue weighted by Gasteiger charge is -2.31. The Kier molecular flexibility index (Phi) is 5.47. The summed E-state index contributed by atoms with van der Waals surface area (Å²) in [6.07, 6.45) is 5.03. The Morgan fingerprint density at radius 3 is 2.27 bits per heavy atom.